The SMILES string of the molecule is COC1CC[C@H]2[C@@H]3CCC4CC(O)(C#Cc5ccc(C#N)cc5)CC[C@]4(C)[C@@H]3CC[C@]12C. The van der Waals surface area contributed by atoms with Gasteiger partial charge in [-0.3, -0.25) is 0 Å². The van der Waals surface area contributed by atoms with Gasteiger partial charge in [0.05, 0.1) is 17.7 Å². The zero-order valence-corrected chi connectivity index (χ0v) is 19.9. The average Bonchev–Trinajstić information content (AvgIpc) is 3.15. The van der Waals surface area contributed by atoms with Crippen molar-refractivity contribution >= 4 is 0 Å². The fraction of sp³-hybridized carbons (Fsp3) is 0.690. The van der Waals surface area contributed by atoms with Gasteiger partial charge in [-0.15, -0.1) is 0 Å². The summed E-state index contributed by atoms with van der Waals surface area (Å²) < 4.78 is 5.93. The van der Waals surface area contributed by atoms with Crippen LogP contribution in [0.5, 0.6) is 0 Å². The highest BCUT2D eigenvalue weighted by Gasteiger charge is 2.61. The topological polar surface area (TPSA) is 53.2 Å². The van der Waals surface area contributed by atoms with Crippen LogP contribution in [-0.4, -0.2) is 23.9 Å². The lowest BCUT2D eigenvalue weighted by Crippen LogP contribution is -2.56. The smallest absolute Gasteiger partial charge is 0.126 e. The summed E-state index contributed by atoms with van der Waals surface area (Å²) in [7, 11) is 1.91. The van der Waals surface area contributed by atoms with Gasteiger partial charge in [0.1, 0.15) is 5.60 Å². The maximum Gasteiger partial charge on any atom is 0.126 e. The molecule has 0 aliphatic heterocycles. The van der Waals surface area contributed by atoms with E-state index in [0.29, 0.717) is 28.4 Å². The molecule has 3 nitrogen and oxygen atoms in total. The highest BCUT2D eigenvalue weighted by molar-refractivity contribution is 5.41. The first-order chi connectivity index (χ1) is 15.3. The lowest BCUT2D eigenvalue weighted by atomic mass is 9.44. The van der Waals surface area contributed by atoms with Gasteiger partial charge in [-0.2, -0.15) is 5.26 Å². The molecule has 0 amide bonds. The lowest BCUT2D eigenvalue weighted by molar-refractivity contribution is -0.146. The number of hydrogen-bond acceptors (Lipinski definition) is 3. The van der Waals surface area contributed by atoms with Crippen molar-refractivity contribution in [2.24, 2.45) is 34.5 Å². The summed E-state index contributed by atoms with van der Waals surface area (Å²) in [5.41, 5.74) is 1.32. The Morgan fingerprint density at radius 2 is 1.62 bits per heavy atom. The normalized spacial score (nSPS) is 44.9. The van der Waals surface area contributed by atoms with Gasteiger partial charge < -0.3 is 9.84 Å². The summed E-state index contributed by atoms with van der Waals surface area (Å²) in [5.74, 6) is 9.40. The summed E-state index contributed by atoms with van der Waals surface area (Å²) in [6.45, 7) is 5.04. The quantitative estimate of drug-likeness (QED) is 0.581. The van der Waals surface area contributed by atoms with Crippen LogP contribution in [0.1, 0.15) is 82.8 Å². The zero-order valence-electron chi connectivity index (χ0n) is 19.9. The number of benzene rings is 1. The van der Waals surface area contributed by atoms with E-state index in [4.69, 9.17) is 10.00 Å². The molecular weight excluding hydrogens is 394 g/mol. The first-order valence-electron chi connectivity index (χ1n) is 12.6. The fourth-order valence-electron chi connectivity index (χ4n) is 8.51. The molecule has 5 rings (SSSR count). The van der Waals surface area contributed by atoms with Gasteiger partial charge >= 0.3 is 0 Å². The number of hydrogen-bond donors (Lipinski definition) is 1. The van der Waals surface area contributed by atoms with Crippen LogP contribution in [0.25, 0.3) is 0 Å². The summed E-state index contributed by atoms with van der Waals surface area (Å²) in [4.78, 5) is 0. The van der Waals surface area contributed by atoms with Crippen LogP contribution in [0.2, 0.25) is 0 Å². The van der Waals surface area contributed by atoms with E-state index in [1.165, 1.54) is 38.5 Å². The fourth-order valence-corrected chi connectivity index (χ4v) is 8.51. The molecule has 3 unspecified atom stereocenters. The van der Waals surface area contributed by atoms with Gasteiger partial charge in [0.2, 0.25) is 0 Å². The standard InChI is InChI=1S/C29H37NO2/c1-27-16-17-29(31,15-12-20-4-6-21(19-30)7-5-20)18-22(27)8-9-23-24-10-11-26(32-3)28(24,2)14-13-25(23)27/h4-7,22-26,31H,8-11,13-14,16-18H2,1-3H3/t22?,23-,24-,25+,26?,27-,28-,29?/m0/s1. The second kappa shape index (κ2) is 7.90. The number of fused-ring (bicyclic) bond motifs is 5. The molecule has 1 aromatic carbocycles. The van der Waals surface area contributed by atoms with Crippen molar-refractivity contribution in [3.05, 3.63) is 35.4 Å². The zero-order chi connectivity index (χ0) is 22.6. The van der Waals surface area contributed by atoms with Crippen LogP contribution >= 0.6 is 0 Å². The molecule has 0 spiro atoms. The van der Waals surface area contributed by atoms with Gasteiger partial charge in [-0.1, -0.05) is 25.7 Å². The molecule has 8 atom stereocenters. The van der Waals surface area contributed by atoms with Crippen molar-refractivity contribution in [1.82, 2.24) is 0 Å². The average molecular weight is 432 g/mol. The van der Waals surface area contributed by atoms with Gasteiger partial charge in [-0.05, 0) is 117 Å². The molecule has 4 fully saturated rings. The van der Waals surface area contributed by atoms with E-state index in [1.807, 2.05) is 19.2 Å². The molecule has 170 valence electrons. The number of methoxy groups -OCH3 is 1. The van der Waals surface area contributed by atoms with E-state index in [0.717, 1.165) is 42.6 Å². The maximum absolute atomic E-state index is 11.4. The van der Waals surface area contributed by atoms with Crippen molar-refractivity contribution in [2.75, 3.05) is 7.11 Å². The van der Waals surface area contributed by atoms with Crippen LogP contribution < -0.4 is 0 Å². The van der Waals surface area contributed by atoms with Crippen LogP contribution in [0.15, 0.2) is 24.3 Å². The molecule has 1 aromatic rings. The minimum Gasteiger partial charge on any atom is -0.381 e. The molecule has 3 heteroatoms. The number of ether oxygens (including phenoxy) is 1. The van der Waals surface area contributed by atoms with Crippen molar-refractivity contribution in [1.29, 1.82) is 5.26 Å². The Kier molecular flexibility index (Phi) is 5.43. The van der Waals surface area contributed by atoms with Gasteiger partial charge in [0, 0.05) is 12.7 Å². The highest BCUT2D eigenvalue weighted by atomic mass is 16.5. The first kappa shape index (κ1) is 22.0. The third-order valence-electron chi connectivity index (χ3n) is 10.4. The van der Waals surface area contributed by atoms with Crippen LogP contribution in [-0.2, 0) is 4.74 Å². The Bertz CT molecular complexity index is 968. The highest BCUT2D eigenvalue weighted by Crippen LogP contribution is 2.67. The molecular formula is C29H37NO2. The van der Waals surface area contributed by atoms with Gasteiger partial charge in [-0.25, -0.2) is 0 Å². The first-order valence-corrected chi connectivity index (χ1v) is 12.6. The van der Waals surface area contributed by atoms with Crippen LogP contribution in [0, 0.1) is 57.7 Å². The molecule has 4 saturated carbocycles. The lowest BCUT2D eigenvalue weighted by Gasteiger charge is -2.61. The van der Waals surface area contributed by atoms with E-state index in [1.54, 1.807) is 12.1 Å². The molecule has 0 aromatic heterocycles. The van der Waals surface area contributed by atoms with Crippen molar-refractivity contribution < 1.29 is 9.84 Å². The molecule has 4 aliphatic carbocycles. The summed E-state index contributed by atoms with van der Waals surface area (Å²) in [6, 6.07) is 9.48. The minimum atomic E-state index is -0.886. The molecule has 1 N–H and O–H groups in total. The maximum atomic E-state index is 11.4. The second-order valence-electron chi connectivity index (χ2n) is 11.7. The molecule has 0 bridgehead atoms. The number of aliphatic hydroxyl groups is 1. The predicted molar refractivity (Wildman–Crippen MR) is 126 cm³/mol. The van der Waals surface area contributed by atoms with E-state index in [9.17, 15) is 5.11 Å². The Morgan fingerprint density at radius 1 is 0.906 bits per heavy atom. The van der Waals surface area contributed by atoms with Crippen molar-refractivity contribution in [3.63, 3.8) is 0 Å². The predicted octanol–water partition coefficient (Wildman–Crippen LogP) is 5.70. The van der Waals surface area contributed by atoms with Crippen LogP contribution in [0.4, 0.5) is 0 Å². The molecule has 32 heavy (non-hydrogen) atoms. The Hall–Kier alpha value is -1.81. The van der Waals surface area contributed by atoms with Crippen molar-refractivity contribution in [3.8, 4) is 17.9 Å². The van der Waals surface area contributed by atoms with Gasteiger partial charge in [0.25, 0.3) is 0 Å². The van der Waals surface area contributed by atoms with E-state index < -0.39 is 5.60 Å². The monoisotopic (exact) mass is 431 g/mol. The van der Waals surface area contributed by atoms with E-state index >= 15 is 0 Å². The molecule has 0 radical (unpaired) electrons. The van der Waals surface area contributed by atoms with Crippen molar-refractivity contribution in [2.45, 2.75) is 83.3 Å². The third kappa shape index (κ3) is 3.41. The van der Waals surface area contributed by atoms with E-state index in [2.05, 4.69) is 31.8 Å². The summed E-state index contributed by atoms with van der Waals surface area (Å²) in [5, 5.41) is 20.4. The van der Waals surface area contributed by atoms with E-state index in [-0.39, 0.29) is 0 Å². The molecule has 0 saturated heterocycles. The third-order valence-corrected chi connectivity index (χ3v) is 10.4. The Morgan fingerprint density at radius 3 is 2.34 bits per heavy atom. The minimum absolute atomic E-state index is 0.331. The molecule has 4 aliphatic rings. The second-order valence-corrected chi connectivity index (χ2v) is 11.7. The largest absolute Gasteiger partial charge is 0.381 e. The Labute approximate surface area is 193 Å². The molecule has 0 heterocycles. The number of nitriles is 1. The Balaban J connectivity index is 1.33. The summed E-state index contributed by atoms with van der Waals surface area (Å²) in [6.07, 6.45) is 10.8. The summed E-state index contributed by atoms with van der Waals surface area (Å²) >= 11 is 0. The van der Waals surface area contributed by atoms with Gasteiger partial charge in [0.15, 0.2) is 0 Å². The van der Waals surface area contributed by atoms with Crippen LogP contribution in [0.3, 0.4) is 0 Å². The number of rotatable bonds is 1. The number of nitrogens with zero attached hydrogens (tertiary/aromatic N) is 1.